The third kappa shape index (κ3) is 29.5. The van der Waals surface area contributed by atoms with Crippen LogP contribution in [0.15, 0.2) is 264 Å². The molecule has 25 heteroatoms. The van der Waals surface area contributed by atoms with Gasteiger partial charge in [-0.15, -0.1) is 0 Å². The molecule has 12 nitrogen and oxygen atoms in total. The molecule has 0 aliphatic carbocycles. The molecule has 0 aliphatic heterocycles. The molecular formula is C93H89ClF12N6O6. The van der Waals surface area contributed by atoms with E-state index >= 15 is 0 Å². The molecule has 118 heavy (non-hydrogen) atoms. The summed E-state index contributed by atoms with van der Waals surface area (Å²) >= 11 is 6.03. The number of benzene rings is 12. The summed E-state index contributed by atoms with van der Waals surface area (Å²) in [5, 5.41) is 67.8. The van der Waals surface area contributed by atoms with E-state index in [0.29, 0.717) is 39.5 Å². The van der Waals surface area contributed by atoms with Crippen molar-refractivity contribution in [2.24, 2.45) is 15.0 Å². The lowest BCUT2D eigenvalue weighted by molar-refractivity contribution is -0.138. The number of aromatic hydroxyl groups is 6. The highest BCUT2D eigenvalue weighted by atomic mass is 35.5. The molecular weight excluding hydrogens is 1560 g/mol. The van der Waals surface area contributed by atoms with Gasteiger partial charge in [-0.25, -0.2) is 0 Å². The second-order valence-electron chi connectivity index (χ2n) is 28.4. The van der Waals surface area contributed by atoms with Gasteiger partial charge >= 0.3 is 24.7 Å². The van der Waals surface area contributed by atoms with Crippen molar-refractivity contribution in [1.29, 1.82) is 0 Å². The molecule has 0 spiro atoms. The second-order valence-corrected chi connectivity index (χ2v) is 28.8. The number of phenolic OH excluding ortho intramolecular Hbond substituents is 6. The van der Waals surface area contributed by atoms with Gasteiger partial charge in [0.25, 0.3) is 0 Å². The van der Waals surface area contributed by atoms with E-state index in [1.54, 1.807) is 79.0 Å². The maximum absolute atomic E-state index is 12.8. The third-order valence-corrected chi connectivity index (χ3v) is 17.6. The zero-order valence-electron chi connectivity index (χ0n) is 66.0. The molecule has 0 aliphatic rings. The predicted octanol–water partition coefficient (Wildman–Crippen LogP) is 26.6. The Morgan fingerprint density at radius 1 is 0.314 bits per heavy atom. The van der Waals surface area contributed by atoms with Crippen LogP contribution in [0.4, 0.5) is 86.8 Å². The molecule has 618 valence electrons. The molecule has 0 heterocycles. The smallest absolute Gasteiger partial charge is 0.418 e. The number of halogens is 13. The zero-order chi connectivity index (χ0) is 86.9. The Kier molecular flexibility index (Phi) is 32.7. The molecule has 9 N–H and O–H groups in total. The molecule has 0 saturated carbocycles. The minimum absolute atomic E-state index is 0.000839. The van der Waals surface area contributed by atoms with Gasteiger partial charge in [0.2, 0.25) is 0 Å². The van der Waals surface area contributed by atoms with Gasteiger partial charge < -0.3 is 46.6 Å². The average Bonchev–Trinajstić information content (AvgIpc) is 0.837. The fourth-order valence-electron chi connectivity index (χ4n) is 11.2. The van der Waals surface area contributed by atoms with E-state index in [1.165, 1.54) is 96.4 Å². The van der Waals surface area contributed by atoms with Crippen LogP contribution in [0, 0.1) is 48.5 Å². The monoisotopic (exact) mass is 1650 g/mol. The van der Waals surface area contributed by atoms with Crippen LogP contribution in [0.2, 0.25) is 5.02 Å². The largest absolute Gasteiger partial charge is 0.508 e. The average molecular weight is 1650 g/mol. The first kappa shape index (κ1) is 92.5. The molecule has 0 unspecified atom stereocenters. The Morgan fingerprint density at radius 3 is 1.16 bits per heavy atom. The first-order chi connectivity index (χ1) is 55.4. The number of aliphatic imine (C=N–C) groups is 3. The van der Waals surface area contributed by atoms with E-state index in [9.17, 15) is 83.3 Å². The highest BCUT2D eigenvalue weighted by molar-refractivity contribution is 6.32. The van der Waals surface area contributed by atoms with E-state index in [-0.39, 0.29) is 70.1 Å². The predicted molar refractivity (Wildman–Crippen MR) is 448 cm³/mol. The molecule has 0 aromatic heterocycles. The third-order valence-electron chi connectivity index (χ3n) is 17.3. The number of anilines is 3. The van der Waals surface area contributed by atoms with Crippen LogP contribution in [-0.2, 0) is 49.8 Å². The molecule has 0 bridgehead atoms. The van der Waals surface area contributed by atoms with Crippen LogP contribution in [0.1, 0.15) is 121 Å². The lowest BCUT2D eigenvalue weighted by Gasteiger charge is -2.23. The van der Waals surface area contributed by atoms with Crippen LogP contribution in [0.5, 0.6) is 34.5 Å². The minimum atomic E-state index is -4.46. The number of nitrogens with one attached hydrogen (secondary N) is 3. The number of rotatable bonds is 15. The zero-order valence-corrected chi connectivity index (χ0v) is 66.7. The summed E-state index contributed by atoms with van der Waals surface area (Å²) in [5.41, 5.74) is 11.3. The summed E-state index contributed by atoms with van der Waals surface area (Å²) in [4.78, 5) is 12.1. The Balaban J connectivity index is 0.000000196. The standard InChI is InChI=1S/C18H22ClNO.C15H14F3NO.C15H12F3NO.C15H14F3NO.C15H12F3NO.C15H15NO/c1-12-9-13(17(21)15(19)10-12)11-20-16-8-6-5-7-14(16)18(2,3)4;2*1-10-5-6-14(20)11(7-10)9-19-13-4-2-3-12(8-13)15(16,17)18;2*1-10-6-7-14(20)11(8-10)9-19-13-5-3-2-4-12(13)15(16,17)18;1-11-3-6-14(7-4-11)16-10-13-9-12(2)5-8-15(13)17/h5-10,20-21H,11H2,1-4H3;2-8,19-20H,9H2,1H3;2-9,20H,1H3;2-8,19-20H,9H2,1H3;2-9,20H,1H3;3-10,17H,1-2H3. The number of phenols is 6. The first-order valence-corrected chi connectivity index (χ1v) is 36.9. The van der Waals surface area contributed by atoms with Crippen molar-refractivity contribution < 1.29 is 83.3 Å². The minimum Gasteiger partial charge on any atom is -0.508 e. The molecule has 12 rings (SSSR count). The quantitative estimate of drug-likeness (QED) is 0.0355. The van der Waals surface area contributed by atoms with Gasteiger partial charge in [-0.05, 0) is 198 Å². The molecule has 0 fully saturated rings. The van der Waals surface area contributed by atoms with E-state index < -0.39 is 47.0 Å². The van der Waals surface area contributed by atoms with Crippen LogP contribution in [0.25, 0.3) is 0 Å². The Morgan fingerprint density at radius 2 is 0.686 bits per heavy atom. The summed E-state index contributed by atoms with van der Waals surface area (Å²) in [7, 11) is 0. The SMILES string of the molecule is Cc1cc(Cl)c(O)c(CNc2ccccc2C(C)(C)C)c1.Cc1ccc(N=Cc2cc(C)ccc2O)cc1.Cc1ccc(O)c(C=Nc2cccc(C(F)(F)F)c2)c1.Cc1ccc(O)c(C=Nc2ccccc2C(F)(F)F)c1.Cc1ccc(O)c(CNc2cccc(C(F)(F)F)c2)c1.Cc1ccc(O)c(CNc2ccccc2C(F)(F)F)c1. The fraction of sp³-hybridized carbons (Fsp3) is 0.194. The Hall–Kier alpha value is -12.7. The molecule has 0 radical (unpaired) electrons. The number of nitrogens with zero attached hydrogens (tertiary/aromatic N) is 3. The molecule has 12 aromatic rings. The number of para-hydroxylation sites is 3. The first-order valence-electron chi connectivity index (χ1n) is 36.5. The van der Waals surface area contributed by atoms with Crippen LogP contribution in [-0.4, -0.2) is 49.3 Å². The van der Waals surface area contributed by atoms with Crippen molar-refractivity contribution in [3.63, 3.8) is 0 Å². The van der Waals surface area contributed by atoms with Crippen LogP contribution >= 0.6 is 11.6 Å². The Labute approximate surface area is 682 Å². The lowest BCUT2D eigenvalue weighted by atomic mass is 9.86. The van der Waals surface area contributed by atoms with Crippen molar-refractivity contribution in [2.75, 3.05) is 16.0 Å². The van der Waals surface area contributed by atoms with Crippen molar-refractivity contribution in [3.8, 4) is 34.5 Å². The van der Waals surface area contributed by atoms with Gasteiger partial charge in [-0.3, -0.25) is 15.0 Å². The van der Waals surface area contributed by atoms with Crippen molar-refractivity contribution in [2.45, 2.75) is 119 Å². The molecule has 12 aromatic carbocycles. The number of hydrogen-bond acceptors (Lipinski definition) is 12. The lowest BCUT2D eigenvalue weighted by Crippen LogP contribution is -2.14. The van der Waals surface area contributed by atoms with Gasteiger partial charge in [-0.2, -0.15) is 52.7 Å². The van der Waals surface area contributed by atoms with Gasteiger partial charge in [-0.1, -0.05) is 181 Å². The van der Waals surface area contributed by atoms with Gasteiger partial charge in [0.15, 0.2) is 0 Å². The van der Waals surface area contributed by atoms with E-state index in [2.05, 4.69) is 63.8 Å². The number of alkyl halides is 12. The van der Waals surface area contributed by atoms with Crippen molar-refractivity contribution in [1.82, 2.24) is 0 Å². The topological polar surface area (TPSA) is 195 Å². The van der Waals surface area contributed by atoms with E-state index in [0.717, 1.165) is 92.3 Å². The Bertz CT molecular complexity index is 5430. The van der Waals surface area contributed by atoms with Crippen molar-refractivity contribution >= 4 is 64.4 Å². The molecule has 0 amide bonds. The normalized spacial score (nSPS) is 11.6. The van der Waals surface area contributed by atoms with Crippen LogP contribution in [0.3, 0.4) is 0 Å². The summed E-state index contributed by atoms with van der Waals surface area (Å²) in [5.74, 6) is 0.604. The summed E-state index contributed by atoms with van der Waals surface area (Å²) in [6, 6.07) is 65.3. The van der Waals surface area contributed by atoms with Crippen molar-refractivity contribution in [3.05, 3.63) is 354 Å². The summed E-state index contributed by atoms with van der Waals surface area (Å²) < 4.78 is 152. The molecule has 0 saturated heterocycles. The fourth-order valence-corrected chi connectivity index (χ4v) is 11.5. The molecule has 0 atom stereocenters. The highest BCUT2D eigenvalue weighted by Gasteiger charge is 2.35. The maximum Gasteiger partial charge on any atom is 0.418 e. The number of hydrogen-bond donors (Lipinski definition) is 9. The number of aryl methyl sites for hydroxylation is 7. The van der Waals surface area contributed by atoms with E-state index in [4.69, 9.17) is 11.6 Å². The second kappa shape index (κ2) is 41.7. The van der Waals surface area contributed by atoms with Gasteiger partial charge in [0, 0.05) is 88.7 Å². The highest BCUT2D eigenvalue weighted by Crippen LogP contribution is 2.40. The summed E-state index contributed by atoms with van der Waals surface area (Å²) in [6.07, 6.45) is -13.3. The maximum atomic E-state index is 12.8. The van der Waals surface area contributed by atoms with Gasteiger partial charge in [0.1, 0.15) is 34.5 Å². The van der Waals surface area contributed by atoms with E-state index in [1.807, 2.05) is 103 Å². The van der Waals surface area contributed by atoms with Gasteiger partial charge in [0.05, 0.1) is 44.3 Å². The van der Waals surface area contributed by atoms with Crippen LogP contribution < -0.4 is 16.0 Å². The summed E-state index contributed by atoms with van der Waals surface area (Å²) in [6.45, 7) is 20.9.